The highest BCUT2D eigenvalue weighted by Gasteiger charge is 2.09. The minimum absolute atomic E-state index is 0.430. The molecule has 1 N–H and O–H groups in total. The summed E-state index contributed by atoms with van der Waals surface area (Å²) >= 11 is 1.49. The van der Waals surface area contributed by atoms with Gasteiger partial charge in [0.15, 0.2) is 0 Å². The van der Waals surface area contributed by atoms with Crippen molar-refractivity contribution in [3.05, 3.63) is 35.7 Å². The van der Waals surface area contributed by atoms with Gasteiger partial charge in [-0.25, -0.2) is 0 Å². The second kappa shape index (κ2) is 7.45. The van der Waals surface area contributed by atoms with Crippen LogP contribution >= 0.6 is 11.8 Å². The quantitative estimate of drug-likeness (QED) is 0.836. The third-order valence-electron chi connectivity index (χ3n) is 3.04. The fourth-order valence-electron chi connectivity index (χ4n) is 2.01. The van der Waals surface area contributed by atoms with Crippen LogP contribution in [0.5, 0.6) is 0 Å². The zero-order chi connectivity index (χ0) is 14.4. The Bertz CT molecular complexity index is 524. The molecule has 0 saturated heterocycles. The zero-order valence-electron chi connectivity index (χ0n) is 12.2. The summed E-state index contributed by atoms with van der Waals surface area (Å²) in [6.07, 6.45) is 2.25. The lowest BCUT2D eigenvalue weighted by Gasteiger charge is -2.17. The number of nitrogens with one attached hydrogen (secondary N) is 1. The monoisotopic (exact) mass is 291 g/mol. The number of aromatic nitrogens is 2. The van der Waals surface area contributed by atoms with E-state index in [9.17, 15) is 0 Å². The smallest absolute Gasteiger partial charge is 0.281 e. The van der Waals surface area contributed by atoms with Gasteiger partial charge in [0.1, 0.15) is 0 Å². The predicted molar refractivity (Wildman–Crippen MR) is 80.9 cm³/mol. The summed E-state index contributed by atoms with van der Waals surface area (Å²) in [6.45, 7) is 7.24. The molecule has 0 bridgehead atoms. The molecule has 108 valence electrons. The standard InChI is InChI=1S/C15H21N3OS/c1-4-10-16-14(5-2)12-6-8-13(9-7-12)20-15-18-17-11(3)19-15/h6-9,14,16H,4-5,10H2,1-3H3. The molecule has 5 heteroatoms. The molecule has 0 fully saturated rings. The molecule has 20 heavy (non-hydrogen) atoms. The van der Waals surface area contributed by atoms with Crippen LogP contribution in [-0.2, 0) is 0 Å². The molecule has 4 nitrogen and oxygen atoms in total. The first-order chi connectivity index (χ1) is 9.72. The van der Waals surface area contributed by atoms with Gasteiger partial charge < -0.3 is 9.73 Å². The van der Waals surface area contributed by atoms with E-state index >= 15 is 0 Å². The van der Waals surface area contributed by atoms with E-state index in [0.29, 0.717) is 17.2 Å². The molecule has 0 radical (unpaired) electrons. The van der Waals surface area contributed by atoms with Crippen molar-refractivity contribution in [3.63, 3.8) is 0 Å². The summed E-state index contributed by atoms with van der Waals surface area (Å²) in [6, 6.07) is 8.98. The molecule has 1 heterocycles. The highest BCUT2D eigenvalue weighted by atomic mass is 32.2. The van der Waals surface area contributed by atoms with E-state index in [1.54, 1.807) is 6.92 Å². The van der Waals surface area contributed by atoms with Crippen molar-refractivity contribution in [1.82, 2.24) is 15.5 Å². The summed E-state index contributed by atoms with van der Waals surface area (Å²) in [7, 11) is 0. The van der Waals surface area contributed by atoms with Gasteiger partial charge in [-0.15, -0.1) is 10.2 Å². The van der Waals surface area contributed by atoms with Crippen LogP contribution in [0.2, 0.25) is 0 Å². The number of hydrogen-bond acceptors (Lipinski definition) is 5. The van der Waals surface area contributed by atoms with Crippen molar-refractivity contribution in [3.8, 4) is 0 Å². The minimum atomic E-state index is 0.430. The van der Waals surface area contributed by atoms with Gasteiger partial charge in [-0.05, 0) is 48.8 Å². The van der Waals surface area contributed by atoms with E-state index in [2.05, 4.69) is 53.6 Å². The third kappa shape index (κ3) is 4.08. The van der Waals surface area contributed by atoms with Crippen molar-refractivity contribution in [2.24, 2.45) is 0 Å². The highest BCUT2D eigenvalue weighted by Crippen LogP contribution is 2.28. The lowest BCUT2D eigenvalue weighted by Crippen LogP contribution is -2.21. The topological polar surface area (TPSA) is 51.0 Å². The van der Waals surface area contributed by atoms with Gasteiger partial charge in [-0.2, -0.15) is 0 Å². The van der Waals surface area contributed by atoms with Gasteiger partial charge in [0.05, 0.1) is 0 Å². The maximum Gasteiger partial charge on any atom is 0.281 e. The Kier molecular flexibility index (Phi) is 5.61. The van der Waals surface area contributed by atoms with Gasteiger partial charge in [-0.3, -0.25) is 0 Å². The van der Waals surface area contributed by atoms with E-state index in [-0.39, 0.29) is 0 Å². The van der Waals surface area contributed by atoms with Crippen LogP contribution in [0.25, 0.3) is 0 Å². The van der Waals surface area contributed by atoms with Gasteiger partial charge in [0, 0.05) is 17.9 Å². The molecule has 1 aromatic heterocycles. The maximum absolute atomic E-state index is 5.37. The van der Waals surface area contributed by atoms with Gasteiger partial charge in [-0.1, -0.05) is 26.0 Å². The van der Waals surface area contributed by atoms with E-state index in [1.807, 2.05) is 0 Å². The summed E-state index contributed by atoms with van der Waals surface area (Å²) in [5, 5.41) is 12.0. The highest BCUT2D eigenvalue weighted by molar-refractivity contribution is 7.99. The second-order valence-electron chi connectivity index (χ2n) is 4.67. The van der Waals surface area contributed by atoms with E-state index in [1.165, 1.54) is 17.3 Å². The summed E-state index contributed by atoms with van der Waals surface area (Å²) in [4.78, 5) is 1.11. The Balaban J connectivity index is 2.01. The SMILES string of the molecule is CCCNC(CC)c1ccc(Sc2nnc(C)o2)cc1. The lowest BCUT2D eigenvalue weighted by molar-refractivity contribution is 0.429. The van der Waals surface area contributed by atoms with Crippen LogP contribution in [0.1, 0.15) is 44.2 Å². The van der Waals surface area contributed by atoms with Crippen molar-refractivity contribution in [1.29, 1.82) is 0 Å². The Morgan fingerprint density at radius 3 is 2.50 bits per heavy atom. The molecule has 0 aliphatic carbocycles. The minimum Gasteiger partial charge on any atom is -0.416 e. The van der Waals surface area contributed by atoms with Crippen molar-refractivity contribution in [2.45, 2.75) is 49.8 Å². The van der Waals surface area contributed by atoms with Gasteiger partial charge in [0.2, 0.25) is 5.89 Å². The first-order valence-electron chi connectivity index (χ1n) is 7.04. The Morgan fingerprint density at radius 1 is 1.20 bits per heavy atom. The predicted octanol–water partition coefficient (Wildman–Crippen LogP) is 3.98. The van der Waals surface area contributed by atoms with E-state index in [4.69, 9.17) is 4.42 Å². The molecular weight excluding hydrogens is 270 g/mol. The molecule has 2 aromatic rings. The number of nitrogens with zero attached hydrogens (tertiary/aromatic N) is 2. The number of hydrogen-bond donors (Lipinski definition) is 1. The maximum atomic E-state index is 5.37. The summed E-state index contributed by atoms with van der Waals surface area (Å²) < 4.78 is 5.37. The first kappa shape index (κ1) is 15.1. The molecule has 0 aliphatic heterocycles. The van der Waals surface area contributed by atoms with Crippen LogP contribution in [0.15, 0.2) is 38.8 Å². The largest absolute Gasteiger partial charge is 0.416 e. The molecule has 1 unspecified atom stereocenters. The molecule has 1 aromatic carbocycles. The lowest BCUT2D eigenvalue weighted by atomic mass is 10.0. The Morgan fingerprint density at radius 2 is 1.95 bits per heavy atom. The average Bonchev–Trinajstić information content (AvgIpc) is 2.86. The number of aryl methyl sites for hydroxylation is 1. The summed E-state index contributed by atoms with van der Waals surface area (Å²) in [5.41, 5.74) is 1.33. The molecule has 0 amide bonds. The molecule has 0 saturated carbocycles. The zero-order valence-corrected chi connectivity index (χ0v) is 13.0. The van der Waals surface area contributed by atoms with Gasteiger partial charge in [0.25, 0.3) is 5.22 Å². The van der Waals surface area contributed by atoms with Crippen LogP contribution in [0.3, 0.4) is 0 Å². The fraction of sp³-hybridized carbons (Fsp3) is 0.467. The third-order valence-corrected chi connectivity index (χ3v) is 3.89. The Labute approximate surface area is 124 Å². The first-order valence-corrected chi connectivity index (χ1v) is 7.85. The Hall–Kier alpha value is -1.33. The normalized spacial score (nSPS) is 12.6. The van der Waals surface area contributed by atoms with Crippen LogP contribution in [0.4, 0.5) is 0 Å². The molecule has 0 aliphatic rings. The van der Waals surface area contributed by atoms with Crippen molar-refractivity contribution in [2.75, 3.05) is 6.54 Å². The average molecular weight is 291 g/mol. The molecule has 1 atom stereocenters. The number of benzene rings is 1. The molecule has 2 rings (SSSR count). The van der Waals surface area contributed by atoms with Crippen LogP contribution < -0.4 is 5.32 Å². The fourth-order valence-corrected chi connectivity index (χ4v) is 2.72. The number of rotatable bonds is 7. The van der Waals surface area contributed by atoms with Gasteiger partial charge >= 0.3 is 0 Å². The van der Waals surface area contributed by atoms with Crippen molar-refractivity contribution >= 4 is 11.8 Å². The van der Waals surface area contributed by atoms with E-state index < -0.39 is 0 Å². The van der Waals surface area contributed by atoms with Crippen molar-refractivity contribution < 1.29 is 4.42 Å². The van der Waals surface area contributed by atoms with Crippen LogP contribution in [-0.4, -0.2) is 16.7 Å². The van der Waals surface area contributed by atoms with E-state index in [0.717, 1.165) is 24.3 Å². The molecular formula is C15H21N3OS. The second-order valence-corrected chi connectivity index (χ2v) is 5.70. The van der Waals surface area contributed by atoms with Crippen LogP contribution in [0, 0.1) is 6.92 Å². The molecule has 0 spiro atoms. The summed E-state index contributed by atoms with van der Waals surface area (Å²) in [5.74, 6) is 0.596.